The van der Waals surface area contributed by atoms with Gasteiger partial charge in [0.2, 0.25) is 0 Å². The predicted molar refractivity (Wildman–Crippen MR) is 65.0 cm³/mol. The smallest absolute Gasteiger partial charge is 0.0613 e. The largest absolute Gasteiger partial charge is 0.394 e. The van der Waals surface area contributed by atoms with Crippen LogP contribution in [0.3, 0.4) is 0 Å². The van der Waals surface area contributed by atoms with Gasteiger partial charge in [-0.05, 0) is 25.7 Å². The molecule has 0 saturated heterocycles. The van der Waals surface area contributed by atoms with E-state index in [4.69, 9.17) is 0 Å². The molecular weight excluding hydrogens is 186 g/mol. The van der Waals surface area contributed by atoms with Crippen molar-refractivity contribution in [1.82, 2.24) is 5.32 Å². The highest BCUT2D eigenvalue weighted by atomic mass is 16.3. The minimum atomic E-state index is -0.00322. The molecule has 0 aromatic rings. The Morgan fingerprint density at radius 1 is 1.20 bits per heavy atom. The molecule has 0 aliphatic heterocycles. The third-order valence-electron chi connectivity index (χ3n) is 3.82. The standard InChI is InChI=1S/C13H27NO/c1-3-10-13(4-2,11-15)14-12-8-6-5-7-9-12/h12,14-15H,3-11H2,1-2H3. The molecule has 1 saturated carbocycles. The van der Waals surface area contributed by atoms with Gasteiger partial charge in [-0.2, -0.15) is 0 Å². The Labute approximate surface area is 94.5 Å². The monoisotopic (exact) mass is 213 g/mol. The fraction of sp³-hybridized carbons (Fsp3) is 1.00. The van der Waals surface area contributed by atoms with E-state index in [-0.39, 0.29) is 12.1 Å². The molecule has 0 heterocycles. The molecule has 0 bridgehead atoms. The Balaban J connectivity index is 2.47. The minimum absolute atomic E-state index is 0.00322. The zero-order chi connectivity index (χ0) is 11.1. The number of aliphatic hydroxyl groups excluding tert-OH is 1. The molecule has 1 fully saturated rings. The first-order valence-corrected chi connectivity index (χ1v) is 6.65. The Morgan fingerprint density at radius 2 is 1.87 bits per heavy atom. The maximum atomic E-state index is 9.58. The normalized spacial score (nSPS) is 22.6. The number of nitrogens with one attached hydrogen (secondary N) is 1. The van der Waals surface area contributed by atoms with Crippen molar-refractivity contribution in [3.8, 4) is 0 Å². The number of hydrogen-bond acceptors (Lipinski definition) is 2. The Hall–Kier alpha value is -0.0800. The van der Waals surface area contributed by atoms with Crippen molar-refractivity contribution in [3.63, 3.8) is 0 Å². The van der Waals surface area contributed by atoms with Crippen LogP contribution in [0, 0.1) is 0 Å². The van der Waals surface area contributed by atoms with Gasteiger partial charge in [-0.1, -0.05) is 39.5 Å². The average molecular weight is 213 g/mol. The third kappa shape index (κ3) is 3.76. The topological polar surface area (TPSA) is 32.3 Å². The molecular formula is C13H27NO. The van der Waals surface area contributed by atoms with E-state index < -0.39 is 0 Å². The molecule has 1 atom stereocenters. The first-order chi connectivity index (χ1) is 7.26. The van der Waals surface area contributed by atoms with Crippen molar-refractivity contribution in [1.29, 1.82) is 0 Å². The first kappa shape index (κ1) is 13.0. The predicted octanol–water partition coefficient (Wildman–Crippen LogP) is 2.85. The molecule has 1 aliphatic carbocycles. The molecule has 0 aromatic carbocycles. The van der Waals surface area contributed by atoms with E-state index in [9.17, 15) is 5.11 Å². The van der Waals surface area contributed by atoms with E-state index in [1.807, 2.05) is 0 Å². The van der Waals surface area contributed by atoms with Crippen molar-refractivity contribution >= 4 is 0 Å². The van der Waals surface area contributed by atoms with Gasteiger partial charge in [-0.15, -0.1) is 0 Å². The van der Waals surface area contributed by atoms with Gasteiger partial charge in [0.25, 0.3) is 0 Å². The van der Waals surface area contributed by atoms with Crippen molar-refractivity contribution in [3.05, 3.63) is 0 Å². The number of aliphatic hydroxyl groups is 1. The molecule has 2 nitrogen and oxygen atoms in total. The molecule has 1 rings (SSSR count). The lowest BCUT2D eigenvalue weighted by molar-refractivity contribution is 0.123. The summed E-state index contributed by atoms with van der Waals surface area (Å²) in [5, 5.41) is 13.3. The van der Waals surface area contributed by atoms with Gasteiger partial charge in [-0.25, -0.2) is 0 Å². The molecule has 1 aliphatic rings. The molecule has 0 spiro atoms. The highest BCUT2D eigenvalue weighted by Crippen LogP contribution is 2.24. The Morgan fingerprint density at radius 3 is 2.33 bits per heavy atom. The summed E-state index contributed by atoms with van der Waals surface area (Å²) in [6, 6.07) is 0.650. The summed E-state index contributed by atoms with van der Waals surface area (Å²) in [6.45, 7) is 4.66. The summed E-state index contributed by atoms with van der Waals surface area (Å²) < 4.78 is 0. The molecule has 15 heavy (non-hydrogen) atoms. The summed E-state index contributed by atoms with van der Waals surface area (Å²) in [7, 11) is 0. The second-order valence-corrected chi connectivity index (χ2v) is 5.02. The van der Waals surface area contributed by atoms with Crippen LogP contribution in [0.1, 0.15) is 65.2 Å². The van der Waals surface area contributed by atoms with Crippen molar-refractivity contribution in [2.45, 2.75) is 76.8 Å². The zero-order valence-corrected chi connectivity index (χ0v) is 10.4. The SMILES string of the molecule is CCCC(CC)(CO)NC1CCCCC1. The lowest BCUT2D eigenvalue weighted by Gasteiger charge is -2.37. The fourth-order valence-electron chi connectivity index (χ4n) is 2.75. The molecule has 90 valence electrons. The number of rotatable bonds is 6. The van der Waals surface area contributed by atoms with Gasteiger partial charge in [-0.3, -0.25) is 0 Å². The summed E-state index contributed by atoms with van der Waals surface area (Å²) >= 11 is 0. The van der Waals surface area contributed by atoms with Crippen LogP contribution in [0.25, 0.3) is 0 Å². The van der Waals surface area contributed by atoms with Crippen molar-refractivity contribution < 1.29 is 5.11 Å². The lowest BCUT2D eigenvalue weighted by Crippen LogP contribution is -2.53. The molecule has 0 aromatic heterocycles. The Kier molecular flexibility index (Phi) is 5.62. The molecule has 0 radical (unpaired) electrons. The van der Waals surface area contributed by atoms with Crippen LogP contribution < -0.4 is 5.32 Å². The summed E-state index contributed by atoms with van der Waals surface area (Å²) in [6.07, 6.45) is 9.98. The van der Waals surface area contributed by atoms with Crippen molar-refractivity contribution in [2.75, 3.05) is 6.61 Å². The lowest BCUT2D eigenvalue weighted by atomic mass is 9.87. The van der Waals surface area contributed by atoms with E-state index in [2.05, 4.69) is 19.2 Å². The van der Waals surface area contributed by atoms with Gasteiger partial charge >= 0.3 is 0 Å². The first-order valence-electron chi connectivity index (χ1n) is 6.65. The second kappa shape index (κ2) is 6.49. The van der Waals surface area contributed by atoms with E-state index >= 15 is 0 Å². The highest BCUT2D eigenvalue weighted by Gasteiger charge is 2.29. The van der Waals surface area contributed by atoms with E-state index in [0.717, 1.165) is 19.3 Å². The van der Waals surface area contributed by atoms with E-state index in [1.54, 1.807) is 0 Å². The van der Waals surface area contributed by atoms with Crippen LogP contribution in [0.15, 0.2) is 0 Å². The second-order valence-electron chi connectivity index (χ2n) is 5.02. The van der Waals surface area contributed by atoms with Crippen LogP contribution in [-0.2, 0) is 0 Å². The Bertz CT molecular complexity index is 160. The minimum Gasteiger partial charge on any atom is -0.394 e. The van der Waals surface area contributed by atoms with Gasteiger partial charge in [0.1, 0.15) is 0 Å². The third-order valence-corrected chi connectivity index (χ3v) is 3.82. The maximum Gasteiger partial charge on any atom is 0.0613 e. The van der Waals surface area contributed by atoms with Gasteiger partial charge in [0, 0.05) is 11.6 Å². The maximum absolute atomic E-state index is 9.58. The molecule has 2 N–H and O–H groups in total. The van der Waals surface area contributed by atoms with E-state index in [1.165, 1.54) is 32.1 Å². The van der Waals surface area contributed by atoms with Crippen LogP contribution in [0.5, 0.6) is 0 Å². The summed E-state index contributed by atoms with van der Waals surface area (Å²) in [4.78, 5) is 0. The summed E-state index contributed by atoms with van der Waals surface area (Å²) in [5.74, 6) is 0. The molecule has 2 heteroatoms. The van der Waals surface area contributed by atoms with Crippen LogP contribution in [0.2, 0.25) is 0 Å². The van der Waals surface area contributed by atoms with E-state index in [0.29, 0.717) is 6.04 Å². The zero-order valence-electron chi connectivity index (χ0n) is 10.4. The van der Waals surface area contributed by atoms with Gasteiger partial charge in [0.05, 0.1) is 6.61 Å². The van der Waals surface area contributed by atoms with Crippen LogP contribution in [-0.4, -0.2) is 23.3 Å². The van der Waals surface area contributed by atoms with Crippen LogP contribution >= 0.6 is 0 Å². The summed E-state index contributed by atoms with van der Waals surface area (Å²) in [5.41, 5.74) is -0.00322. The quantitative estimate of drug-likeness (QED) is 0.711. The fourth-order valence-corrected chi connectivity index (χ4v) is 2.75. The van der Waals surface area contributed by atoms with Gasteiger partial charge in [0.15, 0.2) is 0 Å². The average Bonchev–Trinajstić information content (AvgIpc) is 2.30. The van der Waals surface area contributed by atoms with Crippen molar-refractivity contribution in [2.24, 2.45) is 0 Å². The molecule has 0 amide bonds. The number of hydrogen-bond donors (Lipinski definition) is 2. The molecule has 1 unspecified atom stereocenters. The van der Waals surface area contributed by atoms with Gasteiger partial charge < -0.3 is 10.4 Å². The van der Waals surface area contributed by atoms with Crippen LogP contribution in [0.4, 0.5) is 0 Å². The highest BCUT2D eigenvalue weighted by molar-refractivity contribution is 4.89.